The topological polar surface area (TPSA) is 78.9 Å². The number of esters is 3. The highest BCUT2D eigenvalue weighted by molar-refractivity contribution is 5.71. The van der Waals surface area contributed by atoms with Crippen LogP contribution in [-0.2, 0) is 28.6 Å². The number of hydrogen-bond donors (Lipinski definition) is 0. The van der Waals surface area contributed by atoms with Gasteiger partial charge in [0.2, 0.25) is 0 Å². The Morgan fingerprint density at radius 2 is 0.470 bits per heavy atom. The quantitative estimate of drug-likeness (QED) is 0.0261. The van der Waals surface area contributed by atoms with Crippen LogP contribution in [0.2, 0.25) is 0 Å². The molecule has 0 spiro atoms. The Morgan fingerprint density at radius 1 is 0.253 bits per heavy atom. The van der Waals surface area contributed by atoms with Gasteiger partial charge in [-0.25, -0.2) is 0 Å². The normalized spacial score (nSPS) is 13.0. The van der Waals surface area contributed by atoms with Crippen LogP contribution in [0.4, 0.5) is 0 Å². The van der Waals surface area contributed by atoms with Crippen LogP contribution in [-0.4, -0.2) is 37.2 Å². The summed E-state index contributed by atoms with van der Waals surface area (Å²) in [6, 6.07) is 0. The largest absolute Gasteiger partial charge is 0.462 e. The van der Waals surface area contributed by atoms with E-state index in [1.54, 1.807) is 0 Å². The van der Waals surface area contributed by atoms with E-state index in [0.717, 1.165) is 128 Å². The van der Waals surface area contributed by atoms with Crippen LogP contribution in [0.25, 0.3) is 0 Å². The van der Waals surface area contributed by atoms with Gasteiger partial charge in [0.25, 0.3) is 0 Å². The lowest BCUT2D eigenvalue weighted by atomic mass is 10.0. The molecular formula is C77H128O6. The predicted molar refractivity (Wildman–Crippen MR) is 362 cm³/mol. The van der Waals surface area contributed by atoms with Gasteiger partial charge >= 0.3 is 17.9 Å². The van der Waals surface area contributed by atoms with Gasteiger partial charge in [0, 0.05) is 19.3 Å². The molecule has 83 heavy (non-hydrogen) atoms. The minimum atomic E-state index is -0.782. The fourth-order valence-corrected chi connectivity index (χ4v) is 9.47. The van der Waals surface area contributed by atoms with Crippen molar-refractivity contribution in [2.75, 3.05) is 13.2 Å². The first-order valence-corrected chi connectivity index (χ1v) is 34.7. The highest BCUT2D eigenvalue weighted by atomic mass is 16.6. The fourth-order valence-electron chi connectivity index (χ4n) is 9.47. The number of allylic oxidation sites excluding steroid dienone is 22. The summed E-state index contributed by atoms with van der Waals surface area (Å²) < 4.78 is 16.8. The third-order valence-corrected chi connectivity index (χ3v) is 14.6. The average Bonchev–Trinajstić information content (AvgIpc) is 3.49. The minimum absolute atomic E-state index is 0.0824. The smallest absolute Gasteiger partial charge is 0.306 e. The zero-order valence-electron chi connectivity index (χ0n) is 54.2. The molecule has 472 valence electrons. The van der Waals surface area contributed by atoms with Crippen molar-refractivity contribution >= 4 is 17.9 Å². The van der Waals surface area contributed by atoms with E-state index in [1.807, 2.05) is 0 Å². The molecule has 0 radical (unpaired) electrons. The maximum atomic E-state index is 12.9. The van der Waals surface area contributed by atoms with Gasteiger partial charge in [0.15, 0.2) is 6.10 Å². The monoisotopic (exact) mass is 1150 g/mol. The zero-order valence-corrected chi connectivity index (χ0v) is 54.2. The van der Waals surface area contributed by atoms with Crippen LogP contribution in [0, 0.1) is 0 Å². The van der Waals surface area contributed by atoms with E-state index in [-0.39, 0.29) is 31.1 Å². The summed E-state index contributed by atoms with van der Waals surface area (Å²) >= 11 is 0. The van der Waals surface area contributed by atoms with Gasteiger partial charge in [-0.2, -0.15) is 0 Å². The van der Waals surface area contributed by atoms with E-state index in [4.69, 9.17) is 14.2 Å². The van der Waals surface area contributed by atoms with Crippen LogP contribution in [0.15, 0.2) is 134 Å². The minimum Gasteiger partial charge on any atom is -0.462 e. The van der Waals surface area contributed by atoms with Crippen molar-refractivity contribution in [1.29, 1.82) is 0 Å². The molecule has 0 aliphatic heterocycles. The van der Waals surface area contributed by atoms with Gasteiger partial charge in [-0.3, -0.25) is 14.4 Å². The Labute approximate surface area is 513 Å². The Kier molecular flexibility index (Phi) is 66.3. The number of carbonyl (C=O) groups excluding carboxylic acids is 3. The number of hydrogen-bond acceptors (Lipinski definition) is 6. The number of ether oxygens (including phenoxy) is 3. The van der Waals surface area contributed by atoms with Gasteiger partial charge in [-0.15, -0.1) is 0 Å². The maximum Gasteiger partial charge on any atom is 0.306 e. The molecule has 0 N–H and O–H groups in total. The molecule has 0 amide bonds. The molecular weight excluding hydrogens is 1020 g/mol. The first-order valence-electron chi connectivity index (χ1n) is 34.7. The van der Waals surface area contributed by atoms with Crippen molar-refractivity contribution in [2.45, 2.75) is 322 Å². The molecule has 6 nitrogen and oxygen atoms in total. The molecule has 0 rings (SSSR count). The summed E-state index contributed by atoms with van der Waals surface area (Å²) in [6.45, 7) is 6.44. The lowest BCUT2D eigenvalue weighted by molar-refractivity contribution is -0.167. The molecule has 0 aliphatic carbocycles. The molecule has 1 atom stereocenters. The molecule has 0 bridgehead atoms. The second-order valence-corrected chi connectivity index (χ2v) is 22.7. The molecule has 6 heteroatoms. The predicted octanol–water partition coefficient (Wildman–Crippen LogP) is 24.1. The average molecular weight is 1150 g/mol. The van der Waals surface area contributed by atoms with E-state index < -0.39 is 6.10 Å². The summed E-state index contributed by atoms with van der Waals surface area (Å²) in [5, 5.41) is 0. The second-order valence-electron chi connectivity index (χ2n) is 22.7. The number of carbonyl (C=O) groups is 3. The van der Waals surface area contributed by atoms with Crippen LogP contribution in [0.5, 0.6) is 0 Å². The van der Waals surface area contributed by atoms with Gasteiger partial charge in [-0.1, -0.05) is 309 Å². The van der Waals surface area contributed by atoms with Gasteiger partial charge < -0.3 is 14.2 Å². The molecule has 0 aromatic heterocycles. The highest BCUT2D eigenvalue weighted by Crippen LogP contribution is 2.16. The number of unbranched alkanes of at least 4 members (excludes halogenated alkanes) is 29. The van der Waals surface area contributed by atoms with Crippen LogP contribution in [0.3, 0.4) is 0 Å². The molecule has 0 heterocycles. The molecule has 0 aliphatic rings. The lowest BCUT2D eigenvalue weighted by Gasteiger charge is -2.18. The second kappa shape index (κ2) is 70.0. The summed E-state index contributed by atoms with van der Waals surface area (Å²) in [5.74, 6) is -0.900. The SMILES string of the molecule is CC/C=C\C/C=C\C/C=C\C/C=C\C/C=C\C/C=C\C/C=C\C/C=C\CCCCCCCCCCCCC(=O)OCC(COC(=O)CCCCCCC)OC(=O)CCCCCCCCCCCC/C=C\C/C=C\C/C=C\CCCCCCC. The standard InChI is InChI=1S/C77H128O6/c1-4-7-10-13-15-17-19-21-23-25-27-29-31-33-34-35-36-37-38-39-40-41-42-44-45-47-49-51-53-55-57-59-61-64-67-70-76(79)82-73-74(72-81-75(78)69-66-63-12-9-6-3)83-77(80)71-68-65-62-60-58-56-54-52-50-48-46-43-32-30-28-26-24-22-20-18-16-14-11-8-5-2/h7,10,15,17,20-23,26-29,32-34,36-37,39-40,42-44,74H,4-6,8-9,11-14,16,18-19,24-25,30-31,35,38,41,45-73H2,1-3H3/b10-7-,17-15-,22-20-,23-21-,28-26-,29-27-,34-33-,37-36-,40-39-,43-32-,44-42-. The van der Waals surface area contributed by atoms with Gasteiger partial charge in [-0.05, 0) is 122 Å². The van der Waals surface area contributed by atoms with Crippen LogP contribution >= 0.6 is 0 Å². The summed E-state index contributed by atoms with van der Waals surface area (Å²) in [7, 11) is 0. The van der Waals surface area contributed by atoms with Gasteiger partial charge in [0.1, 0.15) is 13.2 Å². The van der Waals surface area contributed by atoms with Crippen molar-refractivity contribution in [3.63, 3.8) is 0 Å². The van der Waals surface area contributed by atoms with Crippen molar-refractivity contribution in [1.82, 2.24) is 0 Å². The molecule has 0 saturated heterocycles. The van der Waals surface area contributed by atoms with Crippen LogP contribution < -0.4 is 0 Å². The molecule has 0 aromatic rings. The van der Waals surface area contributed by atoms with E-state index in [1.165, 1.54) is 148 Å². The summed E-state index contributed by atoms with van der Waals surface area (Å²) in [4.78, 5) is 38.0. The van der Waals surface area contributed by atoms with E-state index >= 15 is 0 Å². The Balaban J connectivity index is 4.04. The number of rotatable bonds is 62. The Bertz CT molecular complexity index is 1750. The van der Waals surface area contributed by atoms with E-state index in [0.29, 0.717) is 19.3 Å². The molecule has 1 unspecified atom stereocenters. The third kappa shape index (κ3) is 68.2. The first-order chi connectivity index (χ1) is 41.0. The van der Waals surface area contributed by atoms with E-state index in [9.17, 15) is 14.4 Å². The maximum absolute atomic E-state index is 12.9. The van der Waals surface area contributed by atoms with Crippen molar-refractivity contribution < 1.29 is 28.6 Å². The molecule has 0 saturated carbocycles. The highest BCUT2D eigenvalue weighted by Gasteiger charge is 2.19. The summed E-state index contributed by atoms with van der Waals surface area (Å²) in [5.41, 5.74) is 0. The van der Waals surface area contributed by atoms with Gasteiger partial charge in [0.05, 0.1) is 0 Å². The van der Waals surface area contributed by atoms with E-state index in [2.05, 4.69) is 154 Å². The Hall–Kier alpha value is -4.45. The first kappa shape index (κ1) is 78.5. The Morgan fingerprint density at radius 3 is 0.735 bits per heavy atom. The van der Waals surface area contributed by atoms with Crippen molar-refractivity contribution in [3.8, 4) is 0 Å². The molecule has 0 aromatic carbocycles. The molecule has 0 fully saturated rings. The van der Waals surface area contributed by atoms with Crippen molar-refractivity contribution in [3.05, 3.63) is 134 Å². The lowest BCUT2D eigenvalue weighted by Crippen LogP contribution is -2.30. The third-order valence-electron chi connectivity index (χ3n) is 14.6. The summed E-state index contributed by atoms with van der Waals surface area (Å²) in [6.07, 6.45) is 99.5. The van der Waals surface area contributed by atoms with Crippen LogP contribution in [0.1, 0.15) is 316 Å². The zero-order chi connectivity index (χ0) is 59.9. The fraction of sp³-hybridized carbons (Fsp3) is 0.675. The van der Waals surface area contributed by atoms with Crippen molar-refractivity contribution in [2.24, 2.45) is 0 Å².